The summed E-state index contributed by atoms with van der Waals surface area (Å²) in [6.45, 7) is 13.5. The van der Waals surface area contributed by atoms with E-state index in [4.69, 9.17) is 10.3 Å². The van der Waals surface area contributed by atoms with Crippen molar-refractivity contribution in [3.63, 3.8) is 0 Å². The van der Waals surface area contributed by atoms with Gasteiger partial charge in [-0.3, -0.25) is 4.90 Å². The average molecular weight is 327 g/mol. The van der Waals surface area contributed by atoms with Crippen LogP contribution in [0.3, 0.4) is 0 Å². The van der Waals surface area contributed by atoms with Gasteiger partial charge in [-0.25, -0.2) is 4.99 Å². The van der Waals surface area contributed by atoms with Gasteiger partial charge in [-0.1, -0.05) is 26.0 Å². The highest BCUT2D eigenvalue weighted by Crippen LogP contribution is 2.08. The Hall–Kier alpha value is -2.06. The molecule has 1 N–H and O–H groups in total. The number of piperazine rings is 1. The van der Waals surface area contributed by atoms with Crippen LogP contribution in [0.4, 0.5) is 0 Å². The van der Waals surface area contributed by atoms with Gasteiger partial charge in [-0.2, -0.15) is 5.26 Å². The fourth-order valence-electron chi connectivity index (χ4n) is 2.99. The van der Waals surface area contributed by atoms with Crippen molar-refractivity contribution >= 4 is 5.96 Å². The molecule has 5 nitrogen and oxygen atoms in total. The number of nitriles is 1. The fourth-order valence-corrected chi connectivity index (χ4v) is 2.99. The third-order valence-corrected chi connectivity index (χ3v) is 4.10. The molecule has 5 heteroatoms. The molecule has 0 unspecified atom stereocenters. The quantitative estimate of drug-likeness (QED) is 0.666. The molecule has 1 saturated heterocycles. The average Bonchev–Trinajstić information content (AvgIpc) is 2.59. The number of nitrogens with zero attached hydrogens (tertiary/aromatic N) is 4. The molecule has 0 aliphatic carbocycles. The Morgan fingerprint density at radius 1 is 1.29 bits per heavy atom. The molecule has 0 saturated carbocycles. The van der Waals surface area contributed by atoms with Gasteiger partial charge in [0.2, 0.25) is 0 Å². The summed E-state index contributed by atoms with van der Waals surface area (Å²) in [4.78, 5) is 9.64. The first-order chi connectivity index (χ1) is 11.6. The van der Waals surface area contributed by atoms with Gasteiger partial charge in [0, 0.05) is 39.3 Å². The summed E-state index contributed by atoms with van der Waals surface area (Å²) in [7, 11) is 0. The molecule has 0 spiro atoms. The maximum Gasteiger partial charge on any atom is 0.194 e. The molecule has 0 radical (unpaired) electrons. The van der Waals surface area contributed by atoms with E-state index in [9.17, 15) is 0 Å². The second-order valence-electron chi connectivity index (χ2n) is 6.66. The monoisotopic (exact) mass is 327 g/mol. The zero-order valence-electron chi connectivity index (χ0n) is 15.1. The molecular formula is C19H29N5. The van der Waals surface area contributed by atoms with Gasteiger partial charge in [0.1, 0.15) is 0 Å². The van der Waals surface area contributed by atoms with Gasteiger partial charge >= 0.3 is 0 Å². The Morgan fingerprint density at radius 2 is 2.04 bits per heavy atom. The lowest BCUT2D eigenvalue weighted by Crippen LogP contribution is -2.53. The predicted molar refractivity (Wildman–Crippen MR) is 98.8 cm³/mol. The molecule has 1 aliphatic heterocycles. The molecule has 1 fully saturated rings. The van der Waals surface area contributed by atoms with Crippen LogP contribution in [0.15, 0.2) is 29.3 Å². The van der Waals surface area contributed by atoms with Gasteiger partial charge in [0.25, 0.3) is 0 Å². The van der Waals surface area contributed by atoms with E-state index in [-0.39, 0.29) is 0 Å². The topological polar surface area (TPSA) is 54.7 Å². The van der Waals surface area contributed by atoms with Crippen molar-refractivity contribution in [1.29, 1.82) is 5.26 Å². The van der Waals surface area contributed by atoms with E-state index in [0.717, 1.165) is 44.2 Å². The van der Waals surface area contributed by atoms with E-state index in [1.165, 1.54) is 6.54 Å². The van der Waals surface area contributed by atoms with Gasteiger partial charge in [0.05, 0.1) is 18.2 Å². The zero-order valence-corrected chi connectivity index (χ0v) is 15.1. The van der Waals surface area contributed by atoms with Crippen LogP contribution in [0.1, 0.15) is 31.9 Å². The largest absolute Gasteiger partial charge is 0.357 e. The van der Waals surface area contributed by atoms with Crippen molar-refractivity contribution in [2.75, 3.05) is 39.3 Å². The van der Waals surface area contributed by atoms with Crippen LogP contribution < -0.4 is 5.32 Å². The summed E-state index contributed by atoms with van der Waals surface area (Å²) in [6, 6.07) is 9.86. The Balaban J connectivity index is 1.97. The lowest BCUT2D eigenvalue weighted by Gasteiger charge is -2.37. The Morgan fingerprint density at radius 3 is 2.67 bits per heavy atom. The zero-order chi connectivity index (χ0) is 17.4. The highest BCUT2D eigenvalue weighted by molar-refractivity contribution is 5.80. The summed E-state index contributed by atoms with van der Waals surface area (Å²) >= 11 is 0. The first kappa shape index (κ1) is 18.3. The minimum absolute atomic E-state index is 0.601. The number of hydrogen-bond donors (Lipinski definition) is 1. The molecule has 0 bridgehead atoms. The maximum atomic E-state index is 9.00. The summed E-state index contributed by atoms with van der Waals surface area (Å²) in [5, 5.41) is 12.4. The van der Waals surface area contributed by atoms with E-state index >= 15 is 0 Å². The van der Waals surface area contributed by atoms with Crippen molar-refractivity contribution in [1.82, 2.24) is 15.1 Å². The van der Waals surface area contributed by atoms with Crippen LogP contribution in [0.5, 0.6) is 0 Å². The van der Waals surface area contributed by atoms with Gasteiger partial charge < -0.3 is 10.2 Å². The third kappa shape index (κ3) is 5.54. The molecule has 2 rings (SSSR count). The van der Waals surface area contributed by atoms with E-state index in [2.05, 4.69) is 42.0 Å². The maximum absolute atomic E-state index is 9.00. The van der Waals surface area contributed by atoms with Gasteiger partial charge in [-0.15, -0.1) is 0 Å². The number of benzene rings is 1. The molecule has 0 atom stereocenters. The Kier molecular flexibility index (Phi) is 7.07. The normalized spacial score (nSPS) is 16.3. The first-order valence-corrected chi connectivity index (χ1v) is 8.87. The third-order valence-electron chi connectivity index (χ3n) is 4.10. The standard InChI is InChI=1S/C19H29N5/c1-4-21-19(22-14-18-7-5-6-17(12-18)13-20)24-10-8-23(9-11-24)15-16(2)3/h5-7,12,16H,4,8-11,14-15H2,1-3H3,(H,21,22). The number of guanidine groups is 1. The smallest absolute Gasteiger partial charge is 0.194 e. The minimum Gasteiger partial charge on any atom is -0.357 e. The minimum atomic E-state index is 0.601. The number of hydrogen-bond acceptors (Lipinski definition) is 3. The second kappa shape index (κ2) is 9.29. The summed E-state index contributed by atoms with van der Waals surface area (Å²) in [6.07, 6.45) is 0. The molecule has 1 aromatic carbocycles. The van der Waals surface area contributed by atoms with E-state index in [1.54, 1.807) is 0 Å². The Bertz CT molecular complexity index is 580. The van der Waals surface area contributed by atoms with E-state index in [1.807, 2.05) is 24.3 Å². The number of rotatable bonds is 5. The van der Waals surface area contributed by atoms with Crippen molar-refractivity contribution in [3.8, 4) is 6.07 Å². The van der Waals surface area contributed by atoms with Crippen molar-refractivity contribution in [2.45, 2.75) is 27.3 Å². The van der Waals surface area contributed by atoms with Crippen LogP contribution in [-0.2, 0) is 6.54 Å². The second-order valence-corrected chi connectivity index (χ2v) is 6.66. The van der Waals surface area contributed by atoms with Crippen molar-refractivity contribution < 1.29 is 0 Å². The SMILES string of the molecule is CCNC(=NCc1cccc(C#N)c1)N1CCN(CC(C)C)CC1. The van der Waals surface area contributed by atoms with E-state index in [0.29, 0.717) is 18.0 Å². The summed E-state index contributed by atoms with van der Waals surface area (Å²) < 4.78 is 0. The molecule has 24 heavy (non-hydrogen) atoms. The molecule has 1 heterocycles. The molecule has 0 amide bonds. The highest BCUT2D eigenvalue weighted by atomic mass is 15.3. The van der Waals surface area contributed by atoms with Gasteiger partial charge in [-0.05, 0) is 30.5 Å². The number of nitrogens with one attached hydrogen (secondary N) is 1. The number of aliphatic imine (C=N–C) groups is 1. The van der Waals surface area contributed by atoms with Crippen LogP contribution >= 0.6 is 0 Å². The van der Waals surface area contributed by atoms with Gasteiger partial charge in [0.15, 0.2) is 5.96 Å². The first-order valence-electron chi connectivity index (χ1n) is 8.87. The van der Waals surface area contributed by atoms with Crippen LogP contribution in [-0.4, -0.2) is 55.0 Å². The van der Waals surface area contributed by atoms with E-state index < -0.39 is 0 Å². The van der Waals surface area contributed by atoms with Crippen LogP contribution in [0, 0.1) is 17.2 Å². The Labute approximate surface area is 146 Å². The summed E-state index contributed by atoms with van der Waals surface area (Å²) in [5.41, 5.74) is 1.76. The highest BCUT2D eigenvalue weighted by Gasteiger charge is 2.19. The molecule has 1 aliphatic rings. The molecule has 1 aromatic rings. The predicted octanol–water partition coefficient (Wildman–Crippen LogP) is 2.30. The fraction of sp³-hybridized carbons (Fsp3) is 0.579. The molecule has 130 valence electrons. The van der Waals surface area contributed by atoms with Crippen molar-refractivity contribution in [2.24, 2.45) is 10.9 Å². The lowest BCUT2D eigenvalue weighted by atomic mass is 10.1. The molecule has 0 aromatic heterocycles. The molecular weight excluding hydrogens is 298 g/mol. The van der Waals surface area contributed by atoms with Crippen molar-refractivity contribution in [3.05, 3.63) is 35.4 Å². The van der Waals surface area contributed by atoms with Crippen LogP contribution in [0.2, 0.25) is 0 Å². The van der Waals surface area contributed by atoms with Crippen LogP contribution in [0.25, 0.3) is 0 Å². The summed E-state index contributed by atoms with van der Waals surface area (Å²) in [5.74, 6) is 1.69. The lowest BCUT2D eigenvalue weighted by molar-refractivity contribution is 0.164.